The summed E-state index contributed by atoms with van der Waals surface area (Å²) in [6.07, 6.45) is 4.14. The molecule has 156 valence electrons. The van der Waals surface area contributed by atoms with Crippen LogP contribution in [0.4, 0.5) is 5.69 Å². The average Bonchev–Trinajstić information content (AvgIpc) is 2.97. The molecule has 1 amide bonds. The summed E-state index contributed by atoms with van der Waals surface area (Å²) in [7, 11) is 1.77. The van der Waals surface area contributed by atoms with Crippen molar-refractivity contribution in [3.8, 4) is 0 Å². The molecule has 7 heteroatoms. The highest BCUT2D eigenvalue weighted by molar-refractivity contribution is 5.93. The van der Waals surface area contributed by atoms with Gasteiger partial charge in [0, 0.05) is 44.0 Å². The van der Waals surface area contributed by atoms with Crippen molar-refractivity contribution in [2.24, 2.45) is 10.9 Å². The zero-order chi connectivity index (χ0) is 20.6. The molecule has 0 saturated heterocycles. The molecule has 7 nitrogen and oxygen atoms in total. The van der Waals surface area contributed by atoms with E-state index in [1.54, 1.807) is 7.05 Å². The number of anilines is 1. The number of carbonyl (C=O) groups excluding carboxylic acids is 1. The van der Waals surface area contributed by atoms with Crippen molar-refractivity contribution in [3.05, 3.63) is 47.3 Å². The molecule has 0 bridgehead atoms. The van der Waals surface area contributed by atoms with Crippen molar-refractivity contribution in [1.29, 1.82) is 0 Å². The molecule has 1 aromatic heterocycles. The van der Waals surface area contributed by atoms with Gasteiger partial charge in [-0.1, -0.05) is 18.6 Å². The van der Waals surface area contributed by atoms with Gasteiger partial charge in [0.1, 0.15) is 0 Å². The molecule has 1 fully saturated rings. The van der Waals surface area contributed by atoms with Gasteiger partial charge in [0.25, 0.3) is 0 Å². The molecule has 3 N–H and O–H groups in total. The number of rotatable bonds is 8. The van der Waals surface area contributed by atoms with Gasteiger partial charge in [0.2, 0.25) is 5.91 Å². The maximum atomic E-state index is 12.1. The molecule has 0 aliphatic heterocycles. The van der Waals surface area contributed by atoms with Crippen molar-refractivity contribution >= 4 is 17.6 Å². The van der Waals surface area contributed by atoms with Crippen LogP contribution in [0.25, 0.3) is 0 Å². The molecule has 29 heavy (non-hydrogen) atoms. The minimum absolute atomic E-state index is 0.140. The second-order valence-corrected chi connectivity index (χ2v) is 7.67. The number of carbonyl (C=O) groups is 1. The van der Waals surface area contributed by atoms with Crippen molar-refractivity contribution in [2.75, 3.05) is 18.9 Å². The standard InChI is InChI=1S/C22H32N6O/c1-16-13-17(2)28(27-16)12-6-11-24-22(23-3)25-15-18-7-4-10-20(14-18)26-21(29)19-8-5-9-19/h4,7,10,13-14,19H,5-6,8-9,11-12,15H2,1-3H3,(H,26,29)(H2,23,24,25). The lowest BCUT2D eigenvalue weighted by molar-refractivity contribution is -0.122. The van der Waals surface area contributed by atoms with Gasteiger partial charge in [-0.15, -0.1) is 0 Å². The zero-order valence-electron chi connectivity index (χ0n) is 17.7. The molecule has 0 atom stereocenters. The minimum atomic E-state index is 0.140. The molecule has 3 rings (SSSR count). The number of guanidine groups is 1. The number of benzene rings is 1. The van der Waals surface area contributed by atoms with E-state index in [9.17, 15) is 4.79 Å². The lowest BCUT2D eigenvalue weighted by Gasteiger charge is -2.24. The van der Waals surface area contributed by atoms with E-state index in [0.717, 1.165) is 61.7 Å². The summed E-state index contributed by atoms with van der Waals surface area (Å²) in [6.45, 7) is 6.43. The van der Waals surface area contributed by atoms with Crippen molar-refractivity contribution in [1.82, 2.24) is 20.4 Å². The average molecular weight is 397 g/mol. The third-order valence-corrected chi connectivity index (χ3v) is 5.30. The summed E-state index contributed by atoms with van der Waals surface area (Å²) in [5.41, 5.74) is 4.20. The molecule has 1 aliphatic carbocycles. The van der Waals surface area contributed by atoms with Crippen LogP contribution in [0, 0.1) is 19.8 Å². The van der Waals surface area contributed by atoms with E-state index in [-0.39, 0.29) is 11.8 Å². The lowest BCUT2D eigenvalue weighted by atomic mass is 9.85. The van der Waals surface area contributed by atoms with Crippen LogP contribution in [0.3, 0.4) is 0 Å². The summed E-state index contributed by atoms with van der Waals surface area (Å²) >= 11 is 0. The Labute approximate surface area is 173 Å². The summed E-state index contributed by atoms with van der Waals surface area (Å²) in [5, 5.41) is 14.2. The van der Waals surface area contributed by atoms with Gasteiger partial charge in [-0.05, 0) is 56.9 Å². The summed E-state index contributed by atoms with van der Waals surface area (Å²) in [6, 6.07) is 10.1. The van der Waals surface area contributed by atoms with Crippen LogP contribution in [0.5, 0.6) is 0 Å². The Hall–Kier alpha value is -2.83. The quantitative estimate of drug-likeness (QED) is 0.364. The van der Waals surface area contributed by atoms with Gasteiger partial charge in [0.15, 0.2) is 5.96 Å². The Morgan fingerprint density at radius 1 is 1.24 bits per heavy atom. The number of aromatic nitrogens is 2. The van der Waals surface area contributed by atoms with E-state index in [0.29, 0.717) is 6.54 Å². The topological polar surface area (TPSA) is 83.3 Å². The van der Waals surface area contributed by atoms with E-state index in [1.165, 1.54) is 5.69 Å². The predicted octanol–water partition coefficient (Wildman–Crippen LogP) is 2.99. The first-order valence-corrected chi connectivity index (χ1v) is 10.4. The van der Waals surface area contributed by atoms with Gasteiger partial charge in [-0.25, -0.2) is 0 Å². The Bertz CT molecular complexity index is 853. The molecule has 1 heterocycles. The Morgan fingerprint density at radius 2 is 2.07 bits per heavy atom. The first-order valence-electron chi connectivity index (χ1n) is 10.4. The highest BCUT2D eigenvalue weighted by Crippen LogP contribution is 2.27. The number of nitrogens with one attached hydrogen (secondary N) is 3. The second kappa shape index (κ2) is 10.1. The van der Waals surface area contributed by atoms with Crippen LogP contribution in [0.1, 0.15) is 42.6 Å². The molecule has 1 saturated carbocycles. The van der Waals surface area contributed by atoms with Crippen molar-refractivity contribution in [2.45, 2.75) is 52.6 Å². The van der Waals surface area contributed by atoms with Crippen LogP contribution in [0.15, 0.2) is 35.3 Å². The van der Waals surface area contributed by atoms with Gasteiger partial charge >= 0.3 is 0 Å². The number of hydrogen-bond acceptors (Lipinski definition) is 3. The fraction of sp³-hybridized carbons (Fsp3) is 0.500. The van der Waals surface area contributed by atoms with Crippen molar-refractivity contribution < 1.29 is 4.79 Å². The molecule has 1 aliphatic rings. The zero-order valence-corrected chi connectivity index (χ0v) is 17.7. The lowest BCUT2D eigenvalue weighted by Crippen LogP contribution is -2.37. The van der Waals surface area contributed by atoms with Crippen LogP contribution < -0.4 is 16.0 Å². The SMILES string of the molecule is CN=C(NCCCn1nc(C)cc1C)NCc1cccc(NC(=O)C2CCC2)c1. The summed E-state index contributed by atoms with van der Waals surface area (Å²) < 4.78 is 2.04. The molecule has 0 spiro atoms. The fourth-order valence-electron chi connectivity index (χ4n) is 3.42. The molecule has 2 aromatic rings. The number of hydrogen-bond donors (Lipinski definition) is 3. The van der Waals surface area contributed by atoms with Crippen LogP contribution in [-0.2, 0) is 17.9 Å². The molecular weight excluding hydrogens is 364 g/mol. The first-order chi connectivity index (χ1) is 14.0. The van der Waals surface area contributed by atoms with Gasteiger partial charge in [-0.2, -0.15) is 5.10 Å². The molecule has 0 unspecified atom stereocenters. The smallest absolute Gasteiger partial charge is 0.227 e. The van der Waals surface area contributed by atoms with Crippen LogP contribution >= 0.6 is 0 Å². The maximum Gasteiger partial charge on any atom is 0.227 e. The normalized spacial score (nSPS) is 14.4. The highest BCUT2D eigenvalue weighted by Gasteiger charge is 2.25. The number of aliphatic imine (C=N–C) groups is 1. The maximum absolute atomic E-state index is 12.1. The van der Waals surface area contributed by atoms with E-state index < -0.39 is 0 Å². The minimum Gasteiger partial charge on any atom is -0.356 e. The second-order valence-electron chi connectivity index (χ2n) is 7.67. The molecule has 0 radical (unpaired) electrons. The Kier molecular flexibility index (Phi) is 7.27. The first kappa shape index (κ1) is 20.9. The predicted molar refractivity (Wildman–Crippen MR) is 117 cm³/mol. The number of nitrogens with zero attached hydrogens (tertiary/aromatic N) is 3. The molecular formula is C22H32N6O. The van der Waals surface area contributed by atoms with Crippen molar-refractivity contribution in [3.63, 3.8) is 0 Å². The summed E-state index contributed by atoms with van der Waals surface area (Å²) in [4.78, 5) is 16.4. The largest absolute Gasteiger partial charge is 0.356 e. The van der Waals surface area contributed by atoms with E-state index in [1.807, 2.05) is 35.9 Å². The highest BCUT2D eigenvalue weighted by atomic mass is 16.1. The number of amides is 1. The van der Waals surface area contributed by atoms with Gasteiger partial charge in [-0.3, -0.25) is 14.5 Å². The molecule has 1 aromatic carbocycles. The summed E-state index contributed by atoms with van der Waals surface area (Å²) in [5.74, 6) is 1.10. The van der Waals surface area contributed by atoms with Gasteiger partial charge in [0.05, 0.1) is 5.69 Å². The van der Waals surface area contributed by atoms with E-state index >= 15 is 0 Å². The third kappa shape index (κ3) is 6.07. The van der Waals surface area contributed by atoms with Crippen LogP contribution in [-0.4, -0.2) is 35.2 Å². The van der Waals surface area contributed by atoms with Crippen LogP contribution in [0.2, 0.25) is 0 Å². The Morgan fingerprint density at radius 3 is 2.72 bits per heavy atom. The fourth-order valence-corrected chi connectivity index (χ4v) is 3.42. The number of aryl methyl sites for hydroxylation is 3. The van der Waals surface area contributed by atoms with E-state index in [2.05, 4.69) is 39.0 Å². The van der Waals surface area contributed by atoms with Gasteiger partial charge < -0.3 is 16.0 Å². The third-order valence-electron chi connectivity index (χ3n) is 5.30. The Balaban J connectivity index is 1.41. The monoisotopic (exact) mass is 396 g/mol. The van der Waals surface area contributed by atoms with E-state index in [4.69, 9.17) is 0 Å².